The first-order valence-corrected chi connectivity index (χ1v) is 12.7. The topological polar surface area (TPSA) is 71.7 Å². The number of nitrogens with two attached hydrogens (primary N) is 1. The van der Waals surface area contributed by atoms with E-state index in [1.807, 2.05) is 11.0 Å². The zero-order chi connectivity index (χ0) is 25.3. The molecule has 2 aliphatic rings. The molecule has 2 N–H and O–H groups in total. The molecule has 0 radical (unpaired) electrons. The first-order chi connectivity index (χ1) is 17.3. The minimum atomic E-state index is -0.118. The van der Waals surface area contributed by atoms with Crippen LogP contribution in [0.1, 0.15) is 50.8 Å². The highest BCUT2D eigenvalue weighted by atomic mass is 16.5. The molecule has 2 aromatic carbocycles. The Labute approximate surface area is 213 Å². The summed E-state index contributed by atoms with van der Waals surface area (Å²) in [4.78, 5) is 20.7. The molecular formula is C30H34N4O2. The smallest absolute Gasteiger partial charge is 0.210 e. The third kappa shape index (κ3) is 4.89. The molecule has 0 bridgehead atoms. The third-order valence-electron chi connectivity index (χ3n) is 6.92. The zero-order valence-electron chi connectivity index (χ0n) is 21.4. The maximum absolute atomic E-state index is 11.8. The van der Waals surface area contributed by atoms with Crippen molar-refractivity contribution in [3.63, 3.8) is 0 Å². The molecule has 36 heavy (non-hydrogen) atoms. The quantitative estimate of drug-likeness (QED) is 0.418. The van der Waals surface area contributed by atoms with Crippen LogP contribution in [0, 0.1) is 17.3 Å². The highest BCUT2D eigenvalue weighted by molar-refractivity contribution is 5.91. The molecule has 0 spiro atoms. The maximum Gasteiger partial charge on any atom is 0.210 e. The van der Waals surface area contributed by atoms with Gasteiger partial charge in [0.1, 0.15) is 5.82 Å². The minimum absolute atomic E-state index is 0.0537. The van der Waals surface area contributed by atoms with Crippen LogP contribution in [0.5, 0.6) is 0 Å². The first-order valence-electron chi connectivity index (χ1n) is 12.7. The van der Waals surface area contributed by atoms with Gasteiger partial charge in [0.25, 0.3) is 0 Å². The molecule has 1 amide bonds. The van der Waals surface area contributed by atoms with Crippen molar-refractivity contribution in [2.45, 2.75) is 39.7 Å². The Balaban J connectivity index is 1.67. The molecule has 1 aromatic heterocycles. The van der Waals surface area contributed by atoms with Gasteiger partial charge in [0.2, 0.25) is 6.41 Å². The highest BCUT2D eigenvalue weighted by Crippen LogP contribution is 2.40. The van der Waals surface area contributed by atoms with Crippen molar-refractivity contribution in [1.82, 2.24) is 9.88 Å². The molecule has 0 saturated carbocycles. The van der Waals surface area contributed by atoms with Crippen LogP contribution in [0.2, 0.25) is 0 Å². The monoisotopic (exact) mass is 482 g/mol. The maximum atomic E-state index is 11.8. The fourth-order valence-electron chi connectivity index (χ4n) is 5.17. The second kappa shape index (κ2) is 9.83. The average molecular weight is 483 g/mol. The second-order valence-electron chi connectivity index (χ2n) is 10.7. The normalized spacial score (nSPS) is 18.2. The average Bonchev–Trinajstić information content (AvgIpc) is 3.35. The SMILES string of the molecule is CC(C)(C)C#Cc1cccc(C2CCCN2C=O)c1-c1ccc2nc(N)c(N3CCOCC3)cc2c1. The van der Waals surface area contributed by atoms with E-state index in [1.165, 1.54) is 0 Å². The molecule has 1 atom stereocenters. The van der Waals surface area contributed by atoms with Gasteiger partial charge in [-0.3, -0.25) is 4.79 Å². The van der Waals surface area contributed by atoms with E-state index in [-0.39, 0.29) is 11.5 Å². The summed E-state index contributed by atoms with van der Waals surface area (Å²) >= 11 is 0. The van der Waals surface area contributed by atoms with Crippen molar-refractivity contribution in [1.29, 1.82) is 0 Å². The number of nitrogens with zero attached hydrogens (tertiary/aromatic N) is 3. The number of hydrogen-bond donors (Lipinski definition) is 1. The summed E-state index contributed by atoms with van der Waals surface area (Å²) in [7, 11) is 0. The number of morpholine rings is 1. The molecular weight excluding hydrogens is 448 g/mol. The van der Waals surface area contributed by atoms with Crippen LogP contribution >= 0.6 is 0 Å². The van der Waals surface area contributed by atoms with Crippen molar-refractivity contribution in [3.05, 3.63) is 53.6 Å². The van der Waals surface area contributed by atoms with Crippen LogP contribution in [0.4, 0.5) is 11.5 Å². The molecule has 2 fully saturated rings. The summed E-state index contributed by atoms with van der Waals surface area (Å²) in [6, 6.07) is 14.8. The van der Waals surface area contributed by atoms with Gasteiger partial charge in [-0.05, 0) is 69.0 Å². The Morgan fingerprint density at radius 1 is 1.11 bits per heavy atom. The number of carbonyl (C=O) groups is 1. The van der Waals surface area contributed by atoms with E-state index in [9.17, 15) is 4.79 Å². The standard InChI is InChI=1S/C30H34N4O2/c1-30(2,3)12-11-21-6-4-7-24(26-8-5-13-34(26)20-35)28(21)22-9-10-25-23(18-22)19-27(29(31)32-25)33-14-16-36-17-15-33/h4,6-7,9-10,18-20,26H,5,8,13-17H2,1-3H3,(H2,31,32). The van der Waals surface area contributed by atoms with Crippen molar-refractivity contribution in [2.24, 2.45) is 5.41 Å². The summed E-state index contributed by atoms with van der Waals surface area (Å²) < 4.78 is 5.52. The molecule has 2 saturated heterocycles. The number of carbonyl (C=O) groups excluding carboxylic acids is 1. The Hall–Kier alpha value is -3.56. The van der Waals surface area contributed by atoms with E-state index in [4.69, 9.17) is 15.5 Å². The van der Waals surface area contributed by atoms with Gasteiger partial charge in [0.15, 0.2) is 0 Å². The lowest BCUT2D eigenvalue weighted by molar-refractivity contribution is -0.118. The number of hydrogen-bond acceptors (Lipinski definition) is 5. The van der Waals surface area contributed by atoms with Gasteiger partial charge >= 0.3 is 0 Å². The molecule has 6 nitrogen and oxygen atoms in total. The van der Waals surface area contributed by atoms with Crippen LogP contribution < -0.4 is 10.6 Å². The van der Waals surface area contributed by atoms with Gasteiger partial charge in [-0.15, -0.1) is 0 Å². The number of pyridine rings is 1. The number of fused-ring (bicyclic) bond motifs is 1. The van der Waals surface area contributed by atoms with Crippen LogP contribution in [0.15, 0.2) is 42.5 Å². The molecule has 3 aromatic rings. The number of benzene rings is 2. The fraction of sp³-hybridized carbons (Fsp3) is 0.400. The van der Waals surface area contributed by atoms with Gasteiger partial charge in [-0.2, -0.15) is 0 Å². The number of ether oxygens (including phenoxy) is 1. The van der Waals surface area contributed by atoms with E-state index in [1.54, 1.807) is 0 Å². The van der Waals surface area contributed by atoms with Crippen LogP contribution in [0.25, 0.3) is 22.0 Å². The molecule has 2 aliphatic heterocycles. The third-order valence-corrected chi connectivity index (χ3v) is 6.92. The predicted molar refractivity (Wildman–Crippen MR) is 146 cm³/mol. The van der Waals surface area contributed by atoms with E-state index in [0.717, 1.165) is 77.7 Å². The summed E-state index contributed by atoms with van der Waals surface area (Å²) in [5.74, 6) is 7.41. The number of rotatable bonds is 4. The molecule has 3 heterocycles. The number of likely N-dealkylation sites (tertiary alicyclic amines) is 1. The Morgan fingerprint density at radius 3 is 2.67 bits per heavy atom. The second-order valence-corrected chi connectivity index (χ2v) is 10.7. The predicted octanol–water partition coefficient (Wildman–Crippen LogP) is 5.01. The molecule has 186 valence electrons. The molecule has 5 rings (SSSR count). The lowest BCUT2D eigenvalue weighted by atomic mass is 9.88. The minimum Gasteiger partial charge on any atom is -0.382 e. The number of nitrogen functional groups attached to an aromatic ring is 1. The van der Waals surface area contributed by atoms with Gasteiger partial charge in [0, 0.05) is 41.6 Å². The van der Waals surface area contributed by atoms with Crippen LogP contribution in [-0.2, 0) is 9.53 Å². The first kappa shape index (κ1) is 24.1. The summed E-state index contributed by atoms with van der Waals surface area (Å²) in [6.07, 6.45) is 2.94. The largest absolute Gasteiger partial charge is 0.382 e. The number of anilines is 2. The fourth-order valence-corrected chi connectivity index (χ4v) is 5.17. The van der Waals surface area contributed by atoms with Crippen molar-refractivity contribution < 1.29 is 9.53 Å². The van der Waals surface area contributed by atoms with Crippen LogP contribution in [0.3, 0.4) is 0 Å². The number of amides is 1. The van der Waals surface area contributed by atoms with Crippen LogP contribution in [-0.4, -0.2) is 49.1 Å². The summed E-state index contributed by atoms with van der Waals surface area (Å²) in [6.45, 7) is 10.1. The Morgan fingerprint density at radius 2 is 1.92 bits per heavy atom. The zero-order valence-corrected chi connectivity index (χ0v) is 21.4. The lowest BCUT2D eigenvalue weighted by Crippen LogP contribution is -2.36. The summed E-state index contributed by atoms with van der Waals surface area (Å²) in [5.41, 5.74) is 12.4. The van der Waals surface area contributed by atoms with E-state index in [0.29, 0.717) is 19.0 Å². The van der Waals surface area contributed by atoms with E-state index in [2.05, 4.69) is 73.9 Å². The van der Waals surface area contributed by atoms with Crippen molar-refractivity contribution in [3.8, 4) is 23.0 Å². The van der Waals surface area contributed by atoms with Crippen molar-refractivity contribution >= 4 is 28.8 Å². The van der Waals surface area contributed by atoms with Gasteiger partial charge in [-0.1, -0.05) is 30.0 Å². The Kier molecular flexibility index (Phi) is 6.59. The lowest BCUT2D eigenvalue weighted by Gasteiger charge is -2.29. The molecule has 1 unspecified atom stereocenters. The van der Waals surface area contributed by atoms with E-state index >= 15 is 0 Å². The number of aromatic nitrogens is 1. The van der Waals surface area contributed by atoms with Gasteiger partial charge < -0.3 is 20.3 Å². The summed E-state index contributed by atoms with van der Waals surface area (Å²) in [5, 5.41) is 1.03. The highest BCUT2D eigenvalue weighted by Gasteiger charge is 2.28. The van der Waals surface area contributed by atoms with Crippen molar-refractivity contribution in [2.75, 3.05) is 43.5 Å². The Bertz CT molecular complexity index is 1340. The van der Waals surface area contributed by atoms with E-state index < -0.39 is 0 Å². The van der Waals surface area contributed by atoms with Gasteiger partial charge in [-0.25, -0.2) is 4.98 Å². The molecule has 0 aliphatic carbocycles. The van der Waals surface area contributed by atoms with Gasteiger partial charge in [0.05, 0.1) is 30.5 Å². The molecule has 6 heteroatoms.